The summed E-state index contributed by atoms with van der Waals surface area (Å²) in [6.45, 7) is 14.3. The molecule has 17 nitrogen and oxygen atoms in total. The van der Waals surface area contributed by atoms with Crippen LogP contribution >= 0.6 is 15.6 Å². The third kappa shape index (κ3) is 69.8. The lowest BCUT2D eigenvalue weighted by atomic mass is 9.99. The number of unbranched alkanes of at least 4 members (excludes halogenated alkanes) is 40. The summed E-state index contributed by atoms with van der Waals surface area (Å²) in [5.74, 6) is 1.02. The van der Waals surface area contributed by atoms with Crippen LogP contribution in [0.2, 0.25) is 0 Å². The lowest BCUT2D eigenvalue weighted by Gasteiger charge is -2.21. The molecule has 582 valence electrons. The average Bonchev–Trinajstić information content (AvgIpc) is 0.939. The average molecular weight is 1440 g/mol. The fourth-order valence-corrected chi connectivity index (χ4v) is 13.6. The summed E-state index contributed by atoms with van der Waals surface area (Å²) in [5, 5.41) is 10.6. The van der Waals surface area contributed by atoms with Gasteiger partial charge in [-0.3, -0.25) is 37.3 Å². The van der Waals surface area contributed by atoms with E-state index in [1.165, 1.54) is 199 Å². The molecule has 0 aromatic rings. The van der Waals surface area contributed by atoms with Gasteiger partial charge in [-0.25, -0.2) is 9.13 Å². The summed E-state index contributed by atoms with van der Waals surface area (Å²) in [5.41, 5.74) is 0. The molecular formula is C79H154O17P2. The lowest BCUT2D eigenvalue weighted by molar-refractivity contribution is -0.161. The molecule has 0 fully saturated rings. The molecule has 0 rings (SSSR count). The molecule has 0 amide bonds. The van der Waals surface area contributed by atoms with Gasteiger partial charge < -0.3 is 33.8 Å². The summed E-state index contributed by atoms with van der Waals surface area (Å²) in [6.07, 6.45) is 54.0. The predicted octanol–water partition coefficient (Wildman–Crippen LogP) is 23.2. The summed E-state index contributed by atoms with van der Waals surface area (Å²) in [7, 11) is -9.92. The number of ether oxygens (including phenoxy) is 4. The Morgan fingerprint density at radius 3 is 0.724 bits per heavy atom. The van der Waals surface area contributed by atoms with Gasteiger partial charge >= 0.3 is 39.5 Å². The summed E-state index contributed by atoms with van der Waals surface area (Å²) in [6, 6.07) is 0. The van der Waals surface area contributed by atoms with Crippen molar-refractivity contribution in [2.75, 3.05) is 39.6 Å². The van der Waals surface area contributed by atoms with E-state index >= 15 is 0 Å². The first-order chi connectivity index (χ1) is 47.2. The molecule has 4 unspecified atom stereocenters. The van der Waals surface area contributed by atoms with Crippen molar-refractivity contribution in [2.24, 2.45) is 23.7 Å². The monoisotopic (exact) mass is 1440 g/mol. The number of carbonyl (C=O) groups excluding carboxylic acids is 4. The zero-order valence-electron chi connectivity index (χ0n) is 64.4. The van der Waals surface area contributed by atoms with E-state index in [2.05, 4.69) is 55.4 Å². The standard InChI is InChI=1S/C79H154O17P2/c1-9-71(7)57-49-41-33-27-21-15-11-12-16-22-29-35-45-53-61-78(83)95-74(65-89-76(81)59-51-43-34-28-24-18-20-26-32-40-48-56-70(5)6)67-93-97(85,86)91-63-73(80)64-92-98(87,88)94-68-75(66-90-77(82)60-52-44-38-37-42-50-58-72(8)10-2)96-79(84)62-54-46-36-30-23-17-13-14-19-25-31-39-47-55-69(3)4/h69-75,80H,9-68H2,1-8H3,(H,85,86)(H,87,88)/t71?,72?,73-,74-,75-/m1/s1. The topological polar surface area (TPSA) is 237 Å². The molecule has 0 heterocycles. The van der Waals surface area contributed by atoms with Crippen LogP contribution in [0.25, 0.3) is 0 Å². The fraction of sp³-hybridized carbons (Fsp3) is 0.949. The van der Waals surface area contributed by atoms with Crippen molar-refractivity contribution >= 4 is 39.5 Å². The molecule has 0 spiro atoms. The highest BCUT2D eigenvalue weighted by Crippen LogP contribution is 2.45. The molecular weight excluding hydrogens is 1280 g/mol. The van der Waals surface area contributed by atoms with E-state index in [-0.39, 0.29) is 25.7 Å². The zero-order valence-corrected chi connectivity index (χ0v) is 66.2. The van der Waals surface area contributed by atoms with Gasteiger partial charge in [0.1, 0.15) is 19.3 Å². The molecule has 0 saturated carbocycles. The first kappa shape index (κ1) is 96.1. The van der Waals surface area contributed by atoms with Crippen LogP contribution in [0.15, 0.2) is 0 Å². The second-order valence-corrected chi connectivity index (χ2v) is 32.8. The van der Waals surface area contributed by atoms with Gasteiger partial charge in [0.15, 0.2) is 12.2 Å². The Balaban J connectivity index is 5.26. The second-order valence-electron chi connectivity index (χ2n) is 29.9. The molecule has 0 aliphatic carbocycles. The predicted molar refractivity (Wildman–Crippen MR) is 400 cm³/mol. The highest BCUT2D eigenvalue weighted by Gasteiger charge is 2.30. The minimum absolute atomic E-state index is 0.106. The highest BCUT2D eigenvalue weighted by atomic mass is 31.2. The minimum Gasteiger partial charge on any atom is -0.462 e. The van der Waals surface area contributed by atoms with E-state index in [9.17, 15) is 43.2 Å². The zero-order chi connectivity index (χ0) is 72.4. The Kier molecular flexibility index (Phi) is 66.8. The van der Waals surface area contributed by atoms with Crippen LogP contribution in [-0.4, -0.2) is 96.7 Å². The number of hydrogen-bond donors (Lipinski definition) is 3. The fourth-order valence-electron chi connectivity index (χ4n) is 12.0. The lowest BCUT2D eigenvalue weighted by Crippen LogP contribution is -2.30. The number of phosphoric ester groups is 2. The van der Waals surface area contributed by atoms with Gasteiger partial charge in [0.2, 0.25) is 0 Å². The highest BCUT2D eigenvalue weighted by molar-refractivity contribution is 7.47. The van der Waals surface area contributed by atoms with Crippen LogP contribution in [0.1, 0.15) is 402 Å². The SMILES string of the molecule is CCC(C)CCCCCCCCCCCCCCCCC(=O)O[C@H](COC(=O)CCCCCCCCCCCCCC(C)C)COP(=O)(O)OC[C@@H](O)COP(=O)(O)OC[C@@H](COC(=O)CCCCCCCCC(C)CC)OC(=O)CCCCCCCCCCCCCCCC(C)C. The normalized spacial score (nSPS) is 14.6. The van der Waals surface area contributed by atoms with Crippen molar-refractivity contribution in [2.45, 2.75) is 420 Å². The molecule has 98 heavy (non-hydrogen) atoms. The third-order valence-corrected chi connectivity index (χ3v) is 20.9. The first-order valence-corrected chi connectivity index (χ1v) is 43.8. The molecule has 0 saturated heterocycles. The molecule has 0 aliphatic heterocycles. The quantitative estimate of drug-likeness (QED) is 0.0222. The smallest absolute Gasteiger partial charge is 0.462 e. The molecule has 0 radical (unpaired) electrons. The van der Waals surface area contributed by atoms with Gasteiger partial charge in [0.25, 0.3) is 0 Å². The van der Waals surface area contributed by atoms with Gasteiger partial charge in [-0.2, -0.15) is 0 Å². The molecule has 0 aromatic carbocycles. The number of phosphoric acid groups is 2. The van der Waals surface area contributed by atoms with Gasteiger partial charge in [0, 0.05) is 25.7 Å². The maximum absolute atomic E-state index is 13.1. The second kappa shape index (κ2) is 68.2. The van der Waals surface area contributed by atoms with Crippen LogP contribution in [0.5, 0.6) is 0 Å². The van der Waals surface area contributed by atoms with Crippen molar-refractivity contribution in [3.05, 3.63) is 0 Å². The number of esters is 4. The van der Waals surface area contributed by atoms with E-state index in [1.54, 1.807) is 0 Å². The maximum Gasteiger partial charge on any atom is 0.472 e. The Labute approximate surface area is 600 Å². The number of aliphatic hydroxyl groups is 1. The summed E-state index contributed by atoms with van der Waals surface area (Å²) < 4.78 is 68.7. The molecule has 0 aromatic heterocycles. The van der Waals surface area contributed by atoms with Crippen molar-refractivity contribution in [1.29, 1.82) is 0 Å². The van der Waals surface area contributed by atoms with E-state index in [0.29, 0.717) is 25.7 Å². The Hall–Kier alpha value is -1.94. The Morgan fingerprint density at radius 2 is 0.490 bits per heavy atom. The van der Waals surface area contributed by atoms with Crippen LogP contribution < -0.4 is 0 Å². The van der Waals surface area contributed by atoms with Crippen molar-refractivity contribution < 1.29 is 80.2 Å². The largest absolute Gasteiger partial charge is 0.472 e. The van der Waals surface area contributed by atoms with Crippen molar-refractivity contribution in [3.63, 3.8) is 0 Å². The van der Waals surface area contributed by atoms with Crippen LogP contribution in [0.3, 0.4) is 0 Å². The molecule has 7 atom stereocenters. The number of carbonyl (C=O) groups is 4. The van der Waals surface area contributed by atoms with Gasteiger partial charge in [0.05, 0.1) is 26.4 Å². The number of rotatable bonds is 76. The van der Waals surface area contributed by atoms with E-state index in [4.69, 9.17) is 37.0 Å². The van der Waals surface area contributed by atoms with Crippen LogP contribution in [-0.2, 0) is 65.4 Å². The van der Waals surface area contributed by atoms with E-state index in [0.717, 1.165) is 120 Å². The first-order valence-electron chi connectivity index (χ1n) is 40.8. The Bertz CT molecular complexity index is 1920. The van der Waals surface area contributed by atoms with E-state index in [1.807, 2.05) is 0 Å². The Morgan fingerprint density at radius 1 is 0.286 bits per heavy atom. The van der Waals surface area contributed by atoms with Crippen LogP contribution in [0.4, 0.5) is 0 Å². The molecule has 19 heteroatoms. The minimum atomic E-state index is -4.96. The summed E-state index contributed by atoms with van der Waals surface area (Å²) >= 11 is 0. The molecule has 0 bridgehead atoms. The molecule has 3 N–H and O–H groups in total. The maximum atomic E-state index is 13.1. The number of aliphatic hydroxyl groups excluding tert-OH is 1. The third-order valence-electron chi connectivity index (χ3n) is 19.0. The summed E-state index contributed by atoms with van der Waals surface area (Å²) in [4.78, 5) is 73.0. The van der Waals surface area contributed by atoms with Gasteiger partial charge in [-0.15, -0.1) is 0 Å². The van der Waals surface area contributed by atoms with Gasteiger partial charge in [-0.05, 0) is 49.4 Å². The van der Waals surface area contributed by atoms with Crippen LogP contribution in [0, 0.1) is 23.7 Å². The van der Waals surface area contributed by atoms with Crippen molar-refractivity contribution in [1.82, 2.24) is 0 Å². The van der Waals surface area contributed by atoms with Crippen molar-refractivity contribution in [3.8, 4) is 0 Å². The molecule has 0 aliphatic rings. The van der Waals surface area contributed by atoms with Gasteiger partial charge in [-0.1, -0.05) is 351 Å². The van der Waals surface area contributed by atoms with E-state index < -0.39 is 97.5 Å². The number of hydrogen-bond acceptors (Lipinski definition) is 15.